The first-order valence-corrected chi connectivity index (χ1v) is 11.1. The van der Waals surface area contributed by atoms with Crippen molar-refractivity contribution >= 4 is 57.0 Å². The minimum Gasteiger partial charge on any atom is -0.324 e. The van der Waals surface area contributed by atoms with E-state index in [2.05, 4.69) is 5.32 Å². The number of thiophene rings is 1. The summed E-state index contributed by atoms with van der Waals surface area (Å²) in [5.41, 5.74) is -0.0141. The molecule has 2 heterocycles. The van der Waals surface area contributed by atoms with Gasteiger partial charge in [0.15, 0.2) is 0 Å². The molecule has 1 amide bonds. The Labute approximate surface area is 191 Å². The van der Waals surface area contributed by atoms with Crippen LogP contribution in [0.4, 0.5) is 5.69 Å². The van der Waals surface area contributed by atoms with Crippen LogP contribution in [0.1, 0.15) is 4.88 Å². The van der Waals surface area contributed by atoms with Crippen molar-refractivity contribution in [1.29, 1.82) is 0 Å². The third-order valence-corrected chi connectivity index (χ3v) is 6.47. The Morgan fingerprint density at radius 1 is 0.968 bits per heavy atom. The number of hydrogen-bond donors (Lipinski definition) is 1. The van der Waals surface area contributed by atoms with Gasteiger partial charge in [-0.2, -0.15) is 0 Å². The summed E-state index contributed by atoms with van der Waals surface area (Å²) in [4.78, 5) is 39.8. The van der Waals surface area contributed by atoms with Crippen LogP contribution in [-0.2, 0) is 24.3 Å². The summed E-state index contributed by atoms with van der Waals surface area (Å²) in [6.45, 7) is -0.0176. The predicted molar refractivity (Wildman–Crippen MR) is 126 cm³/mol. The number of nitrogens with one attached hydrogen (secondary N) is 1. The van der Waals surface area contributed by atoms with Crippen molar-refractivity contribution in [2.24, 2.45) is 0 Å². The molecule has 0 unspecified atom stereocenters. The van der Waals surface area contributed by atoms with Crippen molar-refractivity contribution in [2.45, 2.75) is 19.5 Å². The molecule has 4 rings (SSSR count). The highest BCUT2D eigenvalue weighted by molar-refractivity contribution is 7.09. The number of amides is 1. The molecule has 0 saturated heterocycles. The van der Waals surface area contributed by atoms with Crippen molar-refractivity contribution in [1.82, 2.24) is 9.13 Å². The van der Waals surface area contributed by atoms with Gasteiger partial charge in [-0.15, -0.1) is 11.3 Å². The molecule has 0 spiro atoms. The maximum atomic E-state index is 13.2. The molecule has 0 radical (unpaired) electrons. The van der Waals surface area contributed by atoms with E-state index >= 15 is 0 Å². The van der Waals surface area contributed by atoms with Crippen molar-refractivity contribution in [3.05, 3.63) is 95.7 Å². The molecule has 0 aliphatic carbocycles. The summed E-state index contributed by atoms with van der Waals surface area (Å²) in [5.74, 6) is -0.422. The predicted octanol–water partition coefficient (Wildman–Crippen LogP) is 4.41. The largest absolute Gasteiger partial charge is 0.331 e. The van der Waals surface area contributed by atoms with Crippen LogP contribution < -0.4 is 16.6 Å². The Kier molecular flexibility index (Phi) is 6.27. The van der Waals surface area contributed by atoms with Crippen LogP contribution in [0.5, 0.6) is 0 Å². The topological polar surface area (TPSA) is 73.1 Å². The number of benzene rings is 2. The van der Waals surface area contributed by atoms with Crippen molar-refractivity contribution in [2.75, 3.05) is 5.32 Å². The van der Waals surface area contributed by atoms with Crippen LogP contribution in [0.15, 0.2) is 69.6 Å². The van der Waals surface area contributed by atoms with Gasteiger partial charge in [0.25, 0.3) is 5.56 Å². The van der Waals surface area contributed by atoms with Gasteiger partial charge in [0.05, 0.1) is 20.9 Å². The van der Waals surface area contributed by atoms with Gasteiger partial charge in [-0.3, -0.25) is 18.7 Å². The average Bonchev–Trinajstić information content (AvgIpc) is 3.27. The molecule has 0 aliphatic heterocycles. The molecule has 9 heteroatoms. The fourth-order valence-electron chi connectivity index (χ4n) is 3.32. The number of rotatable bonds is 6. The SMILES string of the molecule is O=C(Cn1c(=O)n(CCc2cccs2)c(=O)c2ccccc21)Nc1ccc(Cl)c(Cl)c1. The number of fused-ring (bicyclic) bond motifs is 1. The normalized spacial score (nSPS) is 11.0. The van der Waals surface area contributed by atoms with Gasteiger partial charge >= 0.3 is 5.69 Å². The summed E-state index contributed by atoms with van der Waals surface area (Å²) in [7, 11) is 0. The van der Waals surface area contributed by atoms with E-state index in [4.69, 9.17) is 23.2 Å². The van der Waals surface area contributed by atoms with Crippen LogP contribution in [-0.4, -0.2) is 15.0 Å². The first-order valence-electron chi connectivity index (χ1n) is 9.43. The van der Waals surface area contributed by atoms with Gasteiger partial charge < -0.3 is 5.32 Å². The number of halogens is 2. The smallest absolute Gasteiger partial charge is 0.324 e. The molecule has 0 bridgehead atoms. The third-order valence-electron chi connectivity index (χ3n) is 4.80. The molecule has 31 heavy (non-hydrogen) atoms. The highest BCUT2D eigenvalue weighted by Gasteiger charge is 2.16. The van der Waals surface area contributed by atoms with E-state index < -0.39 is 11.6 Å². The molecule has 0 fully saturated rings. The Hall–Kier alpha value is -2.87. The fraction of sp³-hybridized carbons (Fsp3) is 0.136. The minimum atomic E-state index is -0.524. The molecule has 1 N–H and O–H groups in total. The van der Waals surface area contributed by atoms with E-state index in [1.165, 1.54) is 15.2 Å². The van der Waals surface area contributed by atoms with Gasteiger partial charge in [-0.25, -0.2) is 4.79 Å². The second-order valence-electron chi connectivity index (χ2n) is 6.85. The van der Waals surface area contributed by atoms with Crippen LogP contribution in [0.25, 0.3) is 10.9 Å². The van der Waals surface area contributed by atoms with Gasteiger partial charge in [0.2, 0.25) is 5.91 Å². The monoisotopic (exact) mass is 473 g/mol. The van der Waals surface area contributed by atoms with E-state index in [9.17, 15) is 14.4 Å². The molecule has 0 atom stereocenters. The van der Waals surface area contributed by atoms with Gasteiger partial charge in [-0.1, -0.05) is 41.4 Å². The van der Waals surface area contributed by atoms with E-state index in [1.54, 1.807) is 47.7 Å². The van der Waals surface area contributed by atoms with Crippen molar-refractivity contribution in [3.63, 3.8) is 0 Å². The maximum absolute atomic E-state index is 13.2. The standard InChI is InChI=1S/C22H17Cl2N3O3S/c23-17-8-7-14(12-18(17)24)25-20(28)13-27-19-6-2-1-5-16(19)21(29)26(22(27)30)10-9-15-4-3-11-31-15/h1-8,11-12H,9-10,13H2,(H,25,28). The lowest BCUT2D eigenvalue weighted by molar-refractivity contribution is -0.116. The second-order valence-corrected chi connectivity index (χ2v) is 8.70. The van der Waals surface area contributed by atoms with Gasteiger partial charge in [0, 0.05) is 17.1 Å². The molecule has 0 aliphatic rings. The Morgan fingerprint density at radius 3 is 2.52 bits per heavy atom. The van der Waals surface area contributed by atoms with Gasteiger partial charge in [-0.05, 0) is 48.2 Å². The number of para-hydroxylation sites is 1. The minimum absolute atomic E-state index is 0.234. The van der Waals surface area contributed by atoms with E-state index in [0.29, 0.717) is 33.1 Å². The maximum Gasteiger partial charge on any atom is 0.331 e. The van der Waals surface area contributed by atoms with E-state index in [-0.39, 0.29) is 18.6 Å². The quantitative estimate of drug-likeness (QED) is 0.450. The highest BCUT2D eigenvalue weighted by atomic mass is 35.5. The number of hydrogen-bond acceptors (Lipinski definition) is 4. The summed E-state index contributed by atoms with van der Waals surface area (Å²) in [5, 5.41) is 5.73. The zero-order chi connectivity index (χ0) is 22.0. The number of carbonyl (C=O) groups excluding carboxylic acids is 1. The van der Waals surface area contributed by atoms with Crippen molar-refractivity contribution in [3.8, 4) is 0 Å². The lowest BCUT2D eigenvalue weighted by Gasteiger charge is -2.14. The molecular formula is C22H17Cl2N3O3S. The lowest BCUT2D eigenvalue weighted by Crippen LogP contribution is -2.42. The zero-order valence-corrected chi connectivity index (χ0v) is 18.5. The summed E-state index contributed by atoms with van der Waals surface area (Å²) in [6.07, 6.45) is 0.556. The highest BCUT2D eigenvalue weighted by Crippen LogP contribution is 2.25. The summed E-state index contributed by atoms with van der Waals surface area (Å²) >= 11 is 13.5. The van der Waals surface area contributed by atoms with Crippen molar-refractivity contribution < 1.29 is 4.79 Å². The zero-order valence-electron chi connectivity index (χ0n) is 16.2. The molecule has 2 aromatic heterocycles. The van der Waals surface area contributed by atoms with Crippen LogP contribution >= 0.6 is 34.5 Å². The average molecular weight is 474 g/mol. The second kappa shape index (κ2) is 9.09. The number of aromatic nitrogens is 2. The number of aryl methyl sites for hydroxylation is 1. The Morgan fingerprint density at radius 2 is 1.77 bits per heavy atom. The molecule has 6 nitrogen and oxygen atoms in total. The first-order chi connectivity index (χ1) is 14.9. The van der Waals surface area contributed by atoms with E-state index in [0.717, 1.165) is 4.88 Å². The molecule has 2 aromatic carbocycles. The van der Waals surface area contributed by atoms with E-state index in [1.807, 2.05) is 17.5 Å². The molecular weight excluding hydrogens is 457 g/mol. The fourth-order valence-corrected chi connectivity index (χ4v) is 4.31. The van der Waals surface area contributed by atoms with Gasteiger partial charge in [0.1, 0.15) is 6.54 Å². The number of anilines is 1. The number of nitrogens with zero attached hydrogens (tertiary/aromatic N) is 2. The summed E-state index contributed by atoms with van der Waals surface area (Å²) in [6, 6.07) is 15.4. The molecule has 158 valence electrons. The molecule has 4 aromatic rings. The van der Waals surface area contributed by atoms with Crippen LogP contribution in [0, 0.1) is 0 Å². The Balaban J connectivity index is 1.68. The van der Waals surface area contributed by atoms with Crippen LogP contribution in [0.3, 0.4) is 0 Å². The Bertz CT molecular complexity index is 1380. The number of carbonyl (C=O) groups is 1. The summed E-state index contributed by atoms with van der Waals surface area (Å²) < 4.78 is 2.51. The lowest BCUT2D eigenvalue weighted by atomic mass is 10.2. The molecule has 0 saturated carbocycles. The first kappa shape index (κ1) is 21.4. The van der Waals surface area contributed by atoms with Crippen LogP contribution in [0.2, 0.25) is 10.0 Å². The third kappa shape index (κ3) is 4.58.